The van der Waals surface area contributed by atoms with E-state index in [1.807, 2.05) is 6.07 Å². The van der Waals surface area contributed by atoms with Gasteiger partial charge in [-0.2, -0.15) is 22.8 Å². The van der Waals surface area contributed by atoms with Crippen LogP contribution in [-0.4, -0.2) is 19.5 Å². The molecule has 0 amide bonds. The summed E-state index contributed by atoms with van der Waals surface area (Å²) in [5.74, 6) is -1.16. The number of aromatic nitrogens is 4. The molecule has 4 aromatic rings. The molecule has 10 heteroatoms. The third-order valence-electron chi connectivity index (χ3n) is 4.58. The van der Waals surface area contributed by atoms with Crippen molar-refractivity contribution in [3.05, 3.63) is 71.7 Å². The SMILES string of the molecule is Cn1cnc2c(C#N)nc(-c3ccc(OCc4ccnc(F)c4)c(C(F)(F)F)c3)cc21. The minimum absolute atomic E-state index is 0.0155. The van der Waals surface area contributed by atoms with E-state index in [4.69, 9.17) is 4.74 Å². The molecule has 0 atom stereocenters. The van der Waals surface area contributed by atoms with E-state index in [2.05, 4.69) is 15.0 Å². The van der Waals surface area contributed by atoms with Crippen molar-refractivity contribution in [2.45, 2.75) is 12.8 Å². The molecule has 3 heterocycles. The van der Waals surface area contributed by atoms with Gasteiger partial charge in [0.2, 0.25) is 5.95 Å². The van der Waals surface area contributed by atoms with Gasteiger partial charge in [-0.15, -0.1) is 0 Å². The summed E-state index contributed by atoms with van der Waals surface area (Å²) in [5, 5.41) is 9.35. The second-order valence-corrected chi connectivity index (χ2v) is 6.68. The lowest BCUT2D eigenvalue weighted by Gasteiger charge is -2.15. The molecular formula is C21H13F4N5O. The molecule has 0 saturated carbocycles. The highest BCUT2D eigenvalue weighted by molar-refractivity contribution is 5.84. The van der Waals surface area contributed by atoms with Gasteiger partial charge in [-0.3, -0.25) is 0 Å². The maximum atomic E-state index is 13.7. The van der Waals surface area contributed by atoms with Crippen LogP contribution in [0.4, 0.5) is 17.6 Å². The lowest BCUT2D eigenvalue weighted by Crippen LogP contribution is -2.09. The molecule has 0 N–H and O–H groups in total. The molecule has 0 bridgehead atoms. The van der Waals surface area contributed by atoms with Gasteiger partial charge in [0.1, 0.15) is 23.9 Å². The van der Waals surface area contributed by atoms with Gasteiger partial charge in [0.15, 0.2) is 5.69 Å². The van der Waals surface area contributed by atoms with Gasteiger partial charge in [-0.25, -0.2) is 15.0 Å². The Morgan fingerprint density at radius 1 is 1.13 bits per heavy atom. The predicted octanol–water partition coefficient (Wildman–Crippen LogP) is 4.64. The van der Waals surface area contributed by atoms with E-state index in [0.717, 1.165) is 12.1 Å². The number of imidazole rings is 1. The molecule has 6 nitrogen and oxygen atoms in total. The van der Waals surface area contributed by atoms with Crippen LogP contribution in [0.1, 0.15) is 16.8 Å². The molecule has 31 heavy (non-hydrogen) atoms. The van der Waals surface area contributed by atoms with Gasteiger partial charge >= 0.3 is 6.18 Å². The molecule has 0 aliphatic rings. The number of alkyl halides is 3. The van der Waals surface area contributed by atoms with E-state index in [0.29, 0.717) is 16.6 Å². The standard InChI is InChI=1S/C21H13F4N5O/c1-30-11-28-20-16(9-26)29-15(8-17(20)30)13-2-3-18(14(7-13)21(23,24)25)31-10-12-4-5-27-19(22)6-12/h2-8,11H,10H2,1H3. The minimum Gasteiger partial charge on any atom is -0.488 e. The first-order valence-corrected chi connectivity index (χ1v) is 8.93. The molecule has 4 rings (SSSR count). The number of benzene rings is 1. The average molecular weight is 427 g/mol. The smallest absolute Gasteiger partial charge is 0.419 e. The lowest BCUT2D eigenvalue weighted by molar-refractivity contribution is -0.139. The molecule has 3 aromatic heterocycles. The molecule has 0 aliphatic carbocycles. The van der Waals surface area contributed by atoms with Crippen molar-refractivity contribution in [1.29, 1.82) is 5.26 Å². The summed E-state index contributed by atoms with van der Waals surface area (Å²) in [4.78, 5) is 11.7. The zero-order valence-corrected chi connectivity index (χ0v) is 16.0. The first-order valence-electron chi connectivity index (χ1n) is 8.93. The number of halogens is 4. The first-order chi connectivity index (χ1) is 14.8. The Balaban J connectivity index is 1.75. The van der Waals surface area contributed by atoms with Crippen LogP contribution in [0.5, 0.6) is 5.75 Å². The molecule has 1 aromatic carbocycles. The number of hydrogen-bond donors (Lipinski definition) is 0. The highest BCUT2D eigenvalue weighted by Crippen LogP contribution is 2.39. The second kappa shape index (κ2) is 7.68. The summed E-state index contributed by atoms with van der Waals surface area (Å²) >= 11 is 0. The van der Waals surface area contributed by atoms with Crippen molar-refractivity contribution >= 4 is 11.0 Å². The van der Waals surface area contributed by atoms with Gasteiger partial charge in [0, 0.05) is 18.8 Å². The minimum atomic E-state index is -4.70. The molecule has 0 aliphatic heterocycles. The summed E-state index contributed by atoms with van der Waals surface area (Å²) < 4.78 is 61.3. The highest BCUT2D eigenvalue weighted by atomic mass is 19.4. The number of hydrogen-bond acceptors (Lipinski definition) is 5. The van der Waals surface area contributed by atoms with E-state index in [1.165, 1.54) is 30.7 Å². The Hall–Kier alpha value is -4.00. The highest BCUT2D eigenvalue weighted by Gasteiger charge is 2.35. The van der Waals surface area contributed by atoms with Crippen molar-refractivity contribution in [2.75, 3.05) is 0 Å². The Labute approximate surface area is 173 Å². The lowest BCUT2D eigenvalue weighted by atomic mass is 10.0. The molecule has 0 spiro atoms. The van der Waals surface area contributed by atoms with E-state index in [1.54, 1.807) is 17.7 Å². The number of ether oxygens (including phenoxy) is 1. The van der Waals surface area contributed by atoms with Crippen molar-refractivity contribution in [3.63, 3.8) is 0 Å². The van der Waals surface area contributed by atoms with E-state index >= 15 is 0 Å². The van der Waals surface area contributed by atoms with Gasteiger partial charge in [-0.1, -0.05) is 0 Å². The quantitative estimate of drug-likeness (QED) is 0.350. The maximum absolute atomic E-state index is 13.7. The van der Waals surface area contributed by atoms with E-state index in [9.17, 15) is 22.8 Å². The van der Waals surface area contributed by atoms with Crippen LogP contribution >= 0.6 is 0 Å². The fraction of sp³-hybridized carbons (Fsp3) is 0.143. The first kappa shape index (κ1) is 20.3. The number of aryl methyl sites for hydroxylation is 1. The average Bonchev–Trinajstić information content (AvgIpc) is 3.12. The normalized spacial score (nSPS) is 11.5. The Morgan fingerprint density at radius 2 is 1.94 bits per heavy atom. The predicted molar refractivity (Wildman–Crippen MR) is 102 cm³/mol. The van der Waals surface area contributed by atoms with Crippen LogP contribution in [0.3, 0.4) is 0 Å². The van der Waals surface area contributed by atoms with Crippen LogP contribution in [-0.2, 0) is 19.8 Å². The van der Waals surface area contributed by atoms with E-state index < -0.39 is 23.4 Å². The summed E-state index contributed by atoms with van der Waals surface area (Å²) in [7, 11) is 1.71. The molecular weight excluding hydrogens is 414 g/mol. The summed E-state index contributed by atoms with van der Waals surface area (Å²) in [6.07, 6.45) is -2.00. The number of nitrogens with zero attached hydrogens (tertiary/aromatic N) is 5. The molecule has 156 valence electrons. The fourth-order valence-corrected chi connectivity index (χ4v) is 3.08. The van der Waals surface area contributed by atoms with Crippen LogP contribution in [0, 0.1) is 17.3 Å². The number of fused-ring (bicyclic) bond motifs is 1. The summed E-state index contributed by atoms with van der Waals surface area (Å²) in [6.45, 7) is -0.264. The van der Waals surface area contributed by atoms with E-state index in [-0.39, 0.29) is 23.6 Å². The number of nitriles is 1. The van der Waals surface area contributed by atoms with Gasteiger partial charge in [0.05, 0.1) is 23.1 Å². The monoisotopic (exact) mass is 427 g/mol. The second-order valence-electron chi connectivity index (χ2n) is 6.68. The largest absolute Gasteiger partial charge is 0.488 e. The van der Waals surface area contributed by atoms with Crippen LogP contribution in [0.15, 0.2) is 48.9 Å². The van der Waals surface area contributed by atoms with Crippen LogP contribution in [0.2, 0.25) is 0 Å². The summed E-state index contributed by atoms with van der Waals surface area (Å²) in [5.41, 5.74) is 0.637. The molecule has 0 radical (unpaired) electrons. The number of pyridine rings is 2. The maximum Gasteiger partial charge on any atom is 0.419 e. The molecule has 0 fully saturated rings. The Kier molecular flexibility index (Phi) is 5.02. The van der Waals surface area contributed by atoms with Crippen LogP contribution in [0.25, 0.3) is 22.3 Å². The van der Waals surface area contributed by atoms with Crippen LogP contribution < -0.4 is 4.74 Å². The summed E-state index contributed by atoms with van der Waals surface area (Å²) in [6, 6.07) is 9.53. The zero-order chi connectivity index (χ0) is 22.2. The zero-order valence-electron chi connectivity index (χ0n) is 16.0. The Morgan fingerprint density at radius 3 is 2.65 bits per heavy atom. The third-order valence-corrected chi connectivity index (χ3v) is 4.58. The van der Waals surface area contributed by atoms with Crippen molar-refractivity contribution in [3.8, 4) is 23.1 Å². The third kappa shape index (κ3) is 4.02. The van der Waals surface area contributed by atoms with Crippen molar-refractivity contribution < 1.29 is 22.3 Å². The van der Waals surface area contributed by atoms with Crippen molar-refractivity contribution in [2.24, 2.45) is 7.05 Å². The van der Waals surface area contributed by atoms with Crippen molar-refractivity contribution in [1.82, 2.24) is 19.5 Å². The van der Waals surface area contributed by atoms with Gasteiger partial charge in [0.25, 0.3) is 0 Å². The molecule has 0 saturated heterocycles. The topological polar surface area (TPSA) is 76.6 Å². The molecule has 0 unspecified atom stereocenters. The van der Waals surface area contributed by atoms with Gasteiger partial charge in [-0.05, 0) is 42.0 Å². The van der Waals surface area contributed by atoms with Gasteiger partial charge < -0.3 is 9.30 Å². The fourth-order valence-electron chi connectivity index (χ4n) is 3.08. The number of rotatable bonds is 4. The Bertz CT molecular complexity index is 1320.